The predicted molar refractivity (Wildman–Crippen MR) is 105 cm³/mol. The van der Waals surface area contributed by atoms with E-state index < -0.39 is 11.6 Å². The average Bonchev–Trinajstić information content (AvgIpc) is 3.39. The number of hydrogen-bond donors (Lipinski definition) is 1. The first-order chi connectivity index (χ1) is 13.8. The van der Waals surface area contributed by atoms with Gasteiger partial charge in [0, 0.05) is 32.7 Å². The number of benzene rings is 1. The molecule has 9 heteroatoms. The fourth-order valence-electron chi connectivity index (χ4n) is 3.96. The third-order valence-corrected chi connectivity index (χ3v) is 6.10. The Kier molecular flexibility index (Phi) is 5.18. The fourth-order valence-corrected chi connectivity index (χ4v) is 3.96. The Labute approximate surface area is 167 Å². The van der Waals surface area contributed by atoms with Gasteiger partial charge in [-0.3, -0.25) is 0 Å². The van der Waals surface area contributed by atoms with Gasteiger partial charge in [-0.25, -0.2) is 14.3 Å². The number of carbonyl (C=O) groups is 1. The molecule has 29 heavy (non-hydrogen) atoms. The summed E-state index contributed by atoms with van der Waals surface area (Å²) in [6, 6.07) is 7.08. The first-order valence-corrected chi connectivity index (χ1v) is 10.1. The lowest BCUT2D eigenvalue weighted by molar-refractivity contribution is -0.189. The monoisotopic (exact) mass is 409 g/mol. The van der Waals surface area contributed by atoms with Gasteiger partial charge in [0.15, 0.2) is 0 Å². The van der Waals surface area contributed by atoms with Crippen molar-refractivity contribution in [3.63, 3.8) is 0 Å². The normalized spacial score (nSPS) is 19.5. The lowest BCUT2D eigenvalue weighted by Gasteiger charge is -2.33. The van der Waals surface area contributed by atoms with Gasteiger partial charge in [0.1, 0.15) is 0 Å². The van der Waals surface area contributed by atoms with Crippen LogP contribution in [-0.4, -0.2) is 66.4 Å². The standard InChI is InChI=1S/C20H26F3N5O/c1-26-11-13-27(14-12-26)17-25-15-5-2-3-6-16(15)28(17)18(29)24-10-4-7-19(8-9-19)20(21,22)23/h2-3,5-6H,4,7-14H2,1H3,(H,24,29). The molecular weight excluding hydrogens is 383 g/mol. The van der Waals surface area contributed by atoms with E-state index in [0.717, 1.165) is 31.7 Å². The first kappa shape index (κ1) is 20.0. The summed E-state index contributed by atoms with van der Waals surface area (Å²) in [7, 11) is 2.06. The van der Waals surface area contributed by atoms with Crippen LogP contribution in [0.5, 0.6) is 0 Å². The van der Waals surface area contributed by atoms with Gasteiger partial charge >= 0.3 is 12.2 Å². The number of likely N-dealkylation sites (N-methyl/N-ethyl adjacent to an activating group) is 1. The van der Waals surface area contributed by atoms with Gasteiger partial charge < -0.3 is 15.1 Å². The minimum atomic E-state index is -4.15. The average molecular weight is 409 g/mol. The van der Waals surface area contributed by atoms with E-state index in [1.54, 1.807) is 4.57 Å². The zero-order chi connectivity index (χ0) is 20.6. The number of halogens is 3. The van der Waals surface area contributed by atoms with E-state index in [9.17, 15) is 18.0 Å². The van der Waals surface area contributed by atoms with Gasteiger partial charge in [-0.05, 0) is 44.9 Å². The van der Waals surface area contributed by atoms with Crippen molar-refractivity contribution in [2.75, 3.05) is 44.7 Å². The number of carbonyl (C=O) groups excluding carboxylic acids is 1. The molecule has 1 N–H and O–H groups in total. The summed E-state index contributed by atoms with van der Waals surface area (Å²) in [6.07, 6.45) is -3.38. The molecule has 2 aliphatic rings. The predicted octanol–water partition coefficient (Wildman–Crippen LogP) is 3.47. The van der Waals surface area contributed by atoms with Gasteiger partial charge in [0.05, 0.1) is 16.4 Å². The molecule has 2 fully saturated rings. The van der Waals surface area contributed by atoms with Gasteiger partial charge in [-0.15, -0.1) is 0 Å². The van der Waals surface area contributed by atoms with Crippen LogP contribution in [0.4, 0.5) is 23.9 Å². The molecule has 1 aliphatic heterocycles. The number of alkyl halides is 3. The quantitative estimate of drug-likeness (QED) is 0.769. The smallest absolute Gasteiger partial charge is 0.339 e. The number of amides is 1. The highest BCUT2D eigenvalue weighted by atomic mass is 19.4. The number of fused-ring (bicyclic) bond motifs is 1. The molecule has 1 aliphatic carbocycles. The van der Waals surface area contributed by atoms with Crippen LogP contribution in [-0.2, 0) is 0 Å². The summed E-state index contributed by atoms with van der Waals surface area (Å²) in [5.74, 6) is 0.589. The van der Waals surface area contributed by atoms with Crippen molar-refractivity contribution < 1.29 is 18.0 Å². The van der Waals surface area contributed by atoms with E-state index in [1.165, 1.54) is 0 Å². The molecular formula is C20H26F3N5O. The van der Waals surface area contributed by atoms with Crippen LogP contribution in [0.3, 0.4) is 0 Å². The Morgan fingerprint density at radius 3 is 2.52 bits per heavy atom. The van der Waals surface area contributed by atoms with E-state index in [0.29, 0.717) is 17.9 Å². The topological polar surface area (TPSA) is 53.4 Å². The highest BCUT2D eigenvalue weighted by Gasteiger charge is 2.62. The molecule has 2 heterocycles. The van der Waals surface area contributed by atoms with Crippen LogP contribution >= 0.6 is 0 Å². The second kappa shape index (κ2) is 7.51. The number of para-hydroxylation sites is 2. The molecule has 0 radical (unpaired) electrons. The second-order valence-electron chi connectivity index (χ2n) is 8.14. The molecule has 1 amide bonds. The number of imidazole rings is 1. The van der Waals surface area contributed by atoms with Crippen molar-refractivity contribution >= 4 is 23.0 Å². The van der Waals surface area contributed by atoms with E-state index in [-0.39, 0.29) is 31.8 Å². The summed E-state index contributed by atoms with van der Waals surface area (Å²) in [6.45, 7) is 3.50. The lowest BCUT2D eigenvalue weighted by Crippen LogP contribution is -2.46. The third kappa shape index (κ3) is 3.92. The maximum Gasteiger partial charge on any atom is 0.394 e. The molecule has 1 saturated carbocycles. The van der Waals surface area contributed by atoms with Crippen molar-refractivity contribution in [1.82, 2.24) is 19.8 Å². The van der Waals surface area contributed by atoms with Crippen LogP contribution in [0.25, 0.3) is 11.0 Å². The minimum absolute atomic E-state index is 0.0623. The van der Waals surface area contributed by atoms with E-state index in [4.69, 9.17) is 0 Å². The van der Waals surface area contributed by atoms with Crippen molar-refractivity contribution in [2.24, 2.45) is 5.41 Å². The number of anilines is 1. The van der Waals surface area contributed by atoms with Crippen LogP contribution in [0.2, 0.25) is 0 Å². The van der Waals surface area contributed by atoms with E-state index in [2.05, 4.69) is 27.1 Å². The van der Waals surface area contributed by atoms with Crippen molar-refractivity contribution in [3.05, 3.63) is 24.3 Å². The Morgan fingerprint density at radius 1 is 1.17 bits per heavy atom. The minimum Gasteiger partial charge on any atom is -0.339 e. The maximum atomic E-state index is 13.1. The molecule has 158 valence electrons. The Bertz CT molecular complexity index is 882. The Morgan fingerprint density at radius 2 is 1.86 bits per heavy atom. The highest BCUT2D eigenvalue weighted by molar-refractivity contribution is 5.93. The second-order valence-corrected chi connectivity index (χ2v) is 8.14. The zero-order valence-electron chi connectivity index (χ0n) is 16.5. The fraction of sp³-hybridized carbons (Fsp3) is 0.600. The van der Waals surface area contributed by atoms with Crippen LogP contribution in [0.15, 0.2) is 24.3 Å². The summed E-state index contributed by atoms with van der Waals surface area (Å²) < 4.78 is 40.7. The molecule has 0 unspecified atom stereocenters. The zero-order valence-corrected chi connectivity index (χ0v) is 16.5. The van der Waals surface area contributed by atoms with E-state index >= 15 is 0 Å². The van der Waals surface area contributed by atoms with Crippen LogP contribution in [0, 0.1) is 5.41 Å². The maximum absolute atomic E-state index is 13.1. The first-order valence-electron chi connectivity index (χ1n) is 10.1. The summed E-state index contributed by atoms with van der Waals surface area (Å²) >= 11 is 0. The van der Waals surface area contributed by atoms with Crippen LogP contribution in [0.1, 0.15) is 25.7 Å². The third-order valence-electron chi connectivity index (χ3n) is 6.10. The Balaban J connectivity index is 1.46. The largest absolute Gasteiger partial charge is 0.394 e. The molecule has 1 aromatic carbocycles. The molecule has 1 saturated heterocycles. The Hall–Kier alpha value is -2.29. The van der Waals surface area contributed by atoms with Gasteiger partial charge in [0.25, 0.3) is 0 Å². The molecule has 0 spiro atoms. The molecule has 0 bridgehead atoms. The molecule has 4 rings (SSSR count). The van der Waals surface area contributed by atoms with Crippen LogP contribution < -0.4 is 10.2 Å². The molecule has 6 nitrogen and oxygen atoms in total. The van der Waals surface area contributed by atoms with Crippen molar-refractivity contribution in [1.29, 1.82) is 0 Å². The van der Waals surface area contributed by atoms with Gasteiger partial charge in [-0.2, -0.15) is 13.2 Å². The van der Waals surface area contributed by atoms with Crippen molar-refractivity contribution in [2.45, 2.75) is 31.9 Å². The molecule has 0 atom stereocenters. The summed E-state index contributed by atoms with van der Waals surface area (Å²) in [5, 5.41) is 2.80. The van der Waals surface area contributed by atoms with Gasteiger partial charge in [-0.1, -0.05) is 12.1 Å². The highest BCUT2D eigenvalue weighted by Crippen LogP contribution is 2.60. The van der Waals surface area contributed by atoms with Gasteiger partial charge in [0.2, 0.25) is 5.95 Å². The summed E-state index contributed by atoms with van der Waals surface area (Å²) in [5.41, 5.74) is -0.0943. The van der Waals surface area contributed by atoms with Crippen molar-refractivity contribution in [3.8, 4) is 0 Å². The molecule has 1 aromatic heterocycles. The number of piperazine rings is 1. The number of nitrogens with zero attached hydrogens (tertiary/aromatic N) is 4. The SMILES string of the molecule is CN1CCN(c2nc3ccccc3n2C(=O)NCCCC2(C(F)(F)F)CC2)CC1. The number of hydrogen-bond acceptors (Lipinski definition) is 4. The lowest BCUT2D eigenvalue weighted by atomic mass is 10.00. The van der Waals surface area contributed by atoms with E-state index in [1.807, 2.05) is 24.3 Å². The molecule has 2 aromatic rings. The summed E-state index contributed by atoms with van der Waals surface area (Å²) in [4.78, 5) is 21.9. The number of nitrogens with one attached hydrogen (secondary N) is 1. The number of rotatable bonds is 5. The number of aromatic nitrogens is 2.